The van der Waals surface area contributed by atoms with E-state index in [2.05, 4.69) is 23.2 Å². The summed E-state index contributed by atoms with van der Waals surface area (Å²) < 4.78 is 5.38. The summed E-state index contributed by atoms with van der Waals surface area (Å²) in [6.07, 6.45) is 0.899. The van der Waals surface area contributed by atoms with E-state index in [1.54, 1.807) is 0 Å². The standard InChI is InChI=1S/C21H26N2O2/c1-3-18-6-4-5-16(2)20(18)22-21(24)19-9-7-17(8-10-19)15-23-11-13-25-14-12-23/h4-10H,3,11-15H2,1-2H3,(H,22,24). The van der Waals surface area contributed by atoms with Gasteiger partial charge >= 0.3 is 0 Å². The van der Waals surface area contributed by atoms with Gasteiger partial charge in [0.25, 0.3) is 5.91 Å². The van der Waals surface area contributed by atoms with Crippen LogP contribution in [-0.2, 0) is 17.7 Å². The first-order chi connectivity index (χ1) is 12.2. The molecule has 0 saturated carbocycles. The summed E-state index contributed by atoms with van der Waals surface area (Å²) in [5.74, 6) is -0.0538. The number of hydrogen-bond acceptors (Lipinski definition) is 3. The number of carbonyl (C=O) groups excluding carboxylic acids is 1. The van der Waals surface area contributed by atoms with E-state index in [-0.39, 0.29) is 5.91 Å². The van der Waals surface area contributed by atoms with Crippen LogP contribution in [-0.4, -0.2) is 37.1 Å². The van der Waals surface area contributed by atoms with Gasteiger partial charge in [0.05, 0.1) is 13.2 Å². The highest BCUT2D eigenvalue weighted by atomic mass is 16.5. The molecule has 0 aromatic heterocycles. The third-order valence-corrected chi connectivity index (χ3v) is 4.70. The lowest BCUT2D eigenvalue weighted by atomic mass is 10.0. The third kappa shape index (κ3) is 4.47. The number of nitrogens with zero attached hydrogens (tertiary/aromatic N) is 1. The van der Waals surface area contributed by atoms with E-state index >= 15 is 0 Å². The fourth-order valence-corrected chi connectivity index (χ4v) is 3.17. The minimum Gasteiger partial charge on any atom is -0.379 e. The second kappa shape index (κ2) is 8.28. The number of nitrogens with one attached hydrogen (secondary N) is 1. The molecule has 2 aromatic rings. The molecular weight excluding hydrogens is 312 g/mol. The van der Waals surface area contributed by atoms with Gasteiger partial charge in [-0.25, -0.2) is 0 Å². The van der Waals surface area contributed by atoms with Crippen LogP contribution in [0.2, 0.25) is 0 Å². The number of morpholine rings is 1. The van der Waals surface area contributed by atoms with Gasteiger partial charge in [0, 0.05) is 30.9 Å². The second-order valence-electron chi connectivity index (χ2n) is 6.50. The smallest absolute Gasteiger partial charge is 0.255 e. The van der Waals surface area contributed by atoms with Crippen molar-refractivity contribution in [2.75, 3.05) is 31.6 Å². The number of carbonyl (C=O) groups is 1. The number of para-hydroxylation sites is 1. The molecule has 1 heterocycles. The van der Waals surface area contributed by atoms with E-state index in [4.69, 9.17) is 4.74 Å². The molecule has 1 amide bonds. The van der Waals surface area contributed by atoms with Crippen molar-refractivity contribution in [3.63, 3.8) is 0 Å². The van der Waals surface area contributed by atoms with Crippen molar-refractivity contribution >= 4 is 11.6 Å². The Morgan fingerprint density at radius 1 is 1.12 bits per heavy atom. The Bertz CT molecular complexity index is 719. The van der Waals surface area contributed by atoms with Crippen molar-refractivity contribution in [1.82, 2.24) is 4.90 Å². The van der Waals surface area contributed by atoms with Gasteiger partial charge in [-0.15, -0.1) is 0 Å². The van der Waals surface area contributed by atoms with Crippen molar-refractivity contribution < 1.29 is 9.53 Å². The van der Waals surface area contributed by atoms with Crippen LogP contribution >= 0.6 is 0 Å². The molecule has 1 aliphatic rings. The molecule has 4 heteroatoms. The maximum atomic E-state index is 12.6. The van der Waals surface area contributed by atoms with Gasteiger partial charge in [-0.1, -0.05) is 37.3 Å². The average Bonchev–Trinajstić information content (AvgIpc) is 2.64. The molecule has 4 nitrogen and oxygen atoms in total. The van der Waals surface area contributed by atoms with Crippen molar-refractivity contribution in [3.8, 4) is 0 Å². The third-order valence-electron chi connectivity index (χ3n) is 4.70. The molecule has 132 valence electrons. The summed E-state index contributed by atoms with van der Waals surface area (Å²) >= 11 is 0. The number of benzene rings is 2. The van der Waals surface area contributed by atoms with E-state index in [1.807, 2.05) is 43.3 Å². The summed E-state index contributed by atoms with van der Waals surface area (Å²) in [4.78, 5) is 15.0. The van der Waals surface area contributed by atoms with Crippen LogP contribution in [0.15, 0.2) is 42.5 Å². The maximum absolute atomic E-state index is 12.6. The lowest BCUT2D eigenvalue weighted by Gasteiger charge is -2.26. The molecule has 1 N–H and O–H groups in total. The Balaban J connectivity index is 1.67. The monoisotopic (exact) mass is 338 g/mol. The molecule has 1 fully saturated rings. The summed E-state index contributed by atoms with van der Waals surface area (Å²) in [6, 6.07) is 14.0. The first kappa shape index (κ1) is 17.6. The molecule has 0 spiro atoms. The van der Waals surface area contributed by atoms with Gasteiger partial charge in [0.15, 0.2) is 0 Å². The normalized spacial score (nSPS) is 15.1. The Hall–Kier alpha value is -2.17. The molecule has 0 unspecified atom stereocenters. The highest BCUT2D eigenvalue weighted by Gasteiger charge is 2.13. The van der Waals surface area contributed by atoms with Crippen LogP contribution < -0.4 is 5.32 Å². The highest BCUT2D eigenvalue weighted by Crippen LogP contribution is 2.22. The van der Waals surface area contributed by atoms with Gasteiger partial charge in [0.2, 0.25) is 0 Å². The molecule has 0 atom stereocenters. The van der Waals surface area contributed by atoms with Crippen LogP contribution in [0, 0.1) is 6.92 Å². The fourth-order valence-electron chi connectivity index (χ4n) is 3.17. The minimum atomic E-state index is -0.0538. The molecule has 1 saturated heterocycles. The zero-order valence-corrected chi connectivity index (χ0v) is 15.0. The number of ether oxygens (including phenoxy) is 1. The molecule has 1 aliphatic heterocycles. The summed E-state index contributed by atoms with van der Waals surface area (Å²) in [5.41, 5.74) is 5.11. The fraction of sp³-hybridized carbons (Fsp3) is 0.381. The van der Waals surface area contributed by atoms with Gasteiger partial charge in [-0.2, -0.15) is 0 Å². The largest absolute Gasteiger partial charge is 0.379 e. The van der Waals surface area contributed by atoms with E-state index < -0.39 is 0 Å². The van der Waals surface area contributed by atoms with Crippen molar-refractivity contribution in [2.24, 2.45) is 0 Å². The lowest BCUT2D eigenvalue weighted by molar-refractivity contribution is 0.0342. The molecular formula is C21H26N2O2. The molecule has 25 heavy (non-hydrogen) atoms. The summed E-state index contributed by atoms with van der Waals surface area (Å²) in [6.45, 7) is 8.58. The van der Waals surface area contributed by atoms with Gasteiger partial charge in [-0.05, 0) is 42.2 Å². The Kier molecular flexibility index (Phi) is 5.84. The van der Waals surface area contributed by atoms with E-state index in [0.717, 1.165) is 56.1 Å². The van der Waals surface area contributed by atoms with Crippen LogP contribution in [0.1, 0.15) is 34.0 Å². The van der Waals surface area contributed by atoms with Gasteiger partial charge < -0.3 is 10.1 Å². The predicted octanol–water partition coefficient (Wildman–Crippen LogP) is 3.64. The first-order valence-electron chi connectivity index (χ1n) is 8.96. The first-order valence-corrected chi connectivity index (χ1v) is 8.96. The van der Waals surface area contributed by atoms with Crippen LogP contribution in [0.5, 0.6) is 0 Å². The quantitative estimate of drug-likeness (QED) is 0.905. The predicted molar refractivity (Wildman–Crippen MR) is 101 cm³/mol. The summed E-state index contributed by atoms with van der Waals surface area (Å²) in [7, 11) is 0. The van der Waals surface area contributed by atoms with Crippen LogP contribution in [0.3, 0.4) is 0 Å². The van der Waals surface area contributed by atoms with E-state index in [9.17, 15) is 4.79 Å². The molecule has 3 rings (SSSR count). The van der Waals surface area contributed by atoms with Crippen molar-refractivity contribution in [1.29, 1.82) is 0 Å². The number of rotatable bonds is 5. The van der Waals surface area contributed by atoms with E-state index in [0.29, 0.717) is 5.56 Å². The number of aryl methyl sites for hydroxylation is 2. The minimum absolute atomic E-state index is 0.0538. The molecule has 0 bridgehead atoms. The summed E-state index contributed by atoms with van der Waals surface area (Å²) in [5, 5.41) is 3.08. The van der Waals surface area contributed by atoms with E-state index in [1.165, 1.54) is 5.56 Å². The van der Waals surface area contributed by atoms with Crippen LogP contribution in [0.25, 0.3) is 0 Å². The molecule has 2 aromatic carbocycles. The number of amides is 1. The average molecular weight is 338 g/mol. The number of hydrogen-bond donors (Lipinski definition) is 1. The lowest BCUT2D eigenvalue weighted by Crippen LogP contribution is -2.35. The van der Waals surface area contributed by atoms with Gasteiger partial charge in [0.1, 0.15) is 0 Å². The van der Waals surface area contributed by atoms with Crippen molar-refractivity contribution in [3.05, 3.63) is 64.7 Å². The Morgan fingerprint density at radius 3 is 2.52 bits per heavy atom. The molecule has 0 radical (unpaired) electrons. The van der Waals surface area contributed by atoms with Crippen molar-refractivity contribution in [2.45, 2.75) is 26.8 Å². The highest BCUT2D eigenvalue weighted by molar-refractivity contribution is 6.05. The van der Waals surface area contributed by atoms with Crippen LogP contribution in [0.4, 0.5) is 5.69 Å². The zero-order chi connectivity index (χ0) is 17.6. The molecule has 0 aliphatic carbocycles. The second-order valence-corrected chi connectivity index (χ2v) is 6.50. The topological polar surface area (TPSA) is 41.6 Å². The SMILES string of the molecule is CCc1cccc(C)c1NC(=O)c1ccc(CN2CCOCC2)cc1. The Labute approximate surface area is 149 Å². The maximum Gasteiger partial charge on any atom is 0.255 e. The Morgan fingerprint density at radius 2 is 1.84 bits per heavy atom. The zero-order valence-electron chi connectivity index (χ0n) is 15.0. The van der Waals surface area contributed by atoms with Gasteiger partial charge in [-0.3, -0.25) is 9.69 Å². The number of anilines is 1.